The van der Waals surface area contributed by atoms with Gasteiger partial charge in [0.1, 0.15) is 5.82 Å². The maximum absolute atomic E-state index is 13.1. The molecule has 26 heavy (non-hydrogen) atoms. The molecule has 0 bridgehead atoms. The van der Waals surface area contributed by atoms with Crippen LogP contribution in [0.15, 0.2) is 23.2 Å². The number of halogens is 5. The molecule has 0 unspecified atom stereocenters. The maximum atomic E-state index is 13.1. The van der Waals surface area contributed by atoms with Crippen LogP contribution in [0.2, 0.25) is 0 Å². The fourth-order valence-electron chi connectivity index (χ4n) is 2.28. The topological polar surface area (TPSA) is 45.7 Å². The minimum absolute atomic E-state index is 0. The van der Waals surface area contributed by atoms with E-state index in [1.165, 1.54) is 19.9 Å². The van der Waals surface area contributed by atoms with Crippen molar-refractivity contribution < 1.29 is 22.3 Å². The van der Waals surface area contributed by atoms with Crippen molar-refractivity contribution in [2.75, 3.05) is 26.8 Å². The molecule has 1 saturated carbocycles. The van der Waals surface area contributed by atoms with Crippen LogP contribution >= 0.6 is 24.0 Å². The molecule has 0 aromatic heterocycles. The van der Waals surface area contributed by atoms with Gasteiger partial charge < -0.3 is 15.4 Å². The molecule has 2 N–H and O–H groups in total. The third kappa shape index (κ3) is 8.07. The molecule has 0 radical (unpaired) electrons. The van der Waals surface area contributed by atoms with Crippen molar-refractivity contribution in [1.29, 1.82) is 0 Å². The number of ether oxygens (including phenoxy) is 1. The van der Waals surface area contributed by atoms with Gasteiger partial charge in [0.2, 0.25) is 0 Å². The molecule has 0 heterocycles. The molecule has 0 spiro atoms. The third-order valence-electron chi connectivity index (χ3n) is 3.86. The number of nitrogens with one attached hydrogen (secondary N) is 2. The van der Waals surface area contributed by atoms with Crippen molar-refractivity contribution in [2.45, 2.75) is 32.0 Å². The third-order valence-corrected chi connectivity index (χ3v) is 3.86. The molecular formula is C17H24F4IN3O. The molecule has 9 heteroatoms. The van der Waals surface area contributed by atoms with Gasteiger partial charge in [-0.3, -0.25) is 4.99 Å². The standard InChI is InChI=1S/C17H23F4N3O.HI/c1-22-16(23-7-2-8-25-11-12-3-4-12)24-10-13-5-6-14(18)9-15(13)17(19,20)21;/h5-6,9,12H,2-4,7-8,10-11H2,1H3,(H2,22,23,24);1H. The van der Waals surface area contributed by atoms with E-state index in [9.17, 15) is 17.6 Å². The molecule has 0 aliphatic heterocycles. The smallest absolute Gasteiger partial charge is 0.381 e. The van der Waals surface area contributed by atoms with Gasteiger partial charge in [0.05, 0.1) is 5.56 Å². The fraction of sp³-hybridized carbons (Fsp3) is 0.588. The van der Waals surface area contributed by atoms with E-state index in [4.69, 9.17) is 4.74 Å². The Balaban J connectivity index is 0.00000338. The Bertz CT molecular complexity index is 592. The number of benzene rings is 1. The highest BCUT2D eigenvalue weighted by Gasteiger charge is 2.33. The number of rotatable bonds is 8. The molecule has 0 amide bonds. The summed E-state index contributed by atoms with van der Waals surface area (Å²) in [6.45, 7) is 1.93. The lowest BCUT2D eigenvalue weighted by Crippen LogP contribution is -2.38. The lowest BCUT2D eigenvalue weighted by Gasteiger charge is -2.16. The fourth-order valence-corrected chi connectivity index (χ4v) is 2.28. The second kappa shape index (κ2) is 10.9. The highest BCUT2D eigenvalue weighted by molar-refractivity contribution is 14.0. The van der Waals surface area contributed by atoms with Gasteiger partial charge in [-0.25, -0.2) is 4.39 Å². The lowest BCUT2D eigenvalue weighted by molar-refractivity contribution is -0.138. The van der Waals surface area contributed by atoms with Crippen LogP contribution in [0.4, 0.5) is 17.6 Å². The van der Waals surface area contributed by atoms with Crippen molar-refractivity contribution in [3.63, 3.8) is 0 Å². The Kier molecular flexibility index (Phi) is 9.62. The molecule has 1 aliphatic rings. The van der Waals surface area contributed by atoms with Gasteiger partial charge in [0.25, 0.3) is 0 Å². The van der Waals surface area contributed by atoms with Gasteiger partial charge in [-0.05, 0) is 42.9 Å². The first-order chi connectivity index (χ1) is 11.9. The Morgan fingerprint density at radius 2 is 2.00 bits per heavy atom. The molecule has 4 nitrogen and oxygen atoms in total. The summed E-state index contributed by atoms with van der Waals surface area (Å²) in [6.07, 6.45) is -1.33. The van der Waals surface area contributed by atoms with Gasteiger partial charge in [-0.1, -0.05) is 6.07 Å². The Morgan fingerprint density at radius 3 is 2.62 bits per heavy atom. The van der Waals surface area contributed by atoms with E-state index in [1.807, 2.05) is 0 Å². The molecule has 1 fully saturated rings. The van der Waals surface area contributed by atoms with E-state index in [-0.39, 0.29) is 36.1 Å². The molecule has 148 valence electrons. The maximum Gasteiger partial charge on any atom is 0.416 e. The summed E-state index contributed by atoms with van der Waals surface area (Å²) < 4.78 is 57.5. The van der Waals surface area contributed by atoms with Crippen LogP contribution in [0.3, 0.4) is 0 Å². The quantitative estimate of drug-likeness (QED) is 0.191. The number of aliphatic imine (C=N–C) groups is 1. The van der Waals surface area contributed by atoms with Gasteiger partial charge >= 0.3 is 6.18 Å². The molecule has 1 aliphatic carbocycles. The highest BCUT2D eigenvalue weighted by atomic mass is 127. The molecule has 1 aromatic carbocycles. The van der Waals surface area contributed by atoms with Crippen LogP contribution in [0.25, 0.3) is 0 Å². The zero-order valence-corrected chi connectivity index (χ0v) is 16.9. The van der Waals surface area contributed by atoms with E-state index in [2.05, 4.69) is 15.6 Å². The molecule has 0 atom stereocenters. The van der Waals surface area contributed by atoms with E-state index in [1.54, 1.807) is 0 Å². The predicted molar refractivity (Wildman–Crippen MR) is 103 cm³/mol. The van der Waals surface area contributed by atoms with E-state index < -0.39 is 17.6 Å². The minimum atomic E-state index is -4.60. The average molecular weight is 489 g/mol. The summed E-state index contributed by atoms with van der Waals surface area (Å²) in [5.41, 5.74) is -1.02. The zero-order valence-electron chi connectivity index (χ0n) is 14.5. The molecule has 2 rings (SSSR count). The number of guanidine groups is 1. The van der Waals surface area contributed by atoms with Crippen LogP contribution in [0, 0.1) is 11.7 Å². The first-order valence-electron chi connectivity index (χ1n) is 8.28. The van der Waals surface area contributed by atoms with E-state index >= 15 is 0 Å². The molecular weight excluding hydrogens is 465 g/mol. The van der Waals surface area contributed by atoms with Gasteiger partial charge in [0, 0.05) is 33.4 Å². The first kappa shape index (κ1) is 22.9. The monoisotopic (exact) mass is 489 g/mol. The average Bonchev–Trinajstić information content (AvgIpc) is 3.37. The number of nitrogens with zero attached hydrogens (tertiary/aromatic N) is 1. The summed E-state index contributed by atoms with van der Waals surface area (Å²) in [5.74, 6) is 0.199. The normalized spacial score (nSPS) is 14.7. The largest absolute Gasteiger partial charge is 0.416 e. The molecule has 1 aromatic rings. The summed E-state index contributed by atoms with van der Waals surface area (Å²) in [4.78, 5) is 3.97. The van der Waals surface area contributed by atoms with Crippen LogP contribution in [-0.4, -0.2) is 32.8 Å². The van der Waals surface area contributed by atoms with Crippen molar-refractivity contribution >= 4 is 29.9 Å². The molecule has 0 saturated heterocycles. The summed E-state index contributed by atoms with van der Waals surface area (Å²) in [6, 6.07) is 2.65. The van der Waals surface area contributed by atoms with E-state index in [0.29, 0.717) is 25.2 Å². The number of hydrogen-bond donors (Lipinski definition) is 2. The second-order valence-corrected chi connectivity index (χ2v) is 6.02. The van der Waals surface area contributed by atoms with Crippen LogP contribution in [0.5, 0.6) is 0 Å². The summed E-state index contributed by atoms with van der Waals surface area (Å²) in [5, 5.41) is 5.83. The number of hydrogen-bond acceptors (Lipinski definition) is 2. The summed E-state index contributed by atoms with van der Waals surface area (Å²) in [7, 11) is 1.54. The van der Waals surface area contributed by atoms with Crippen LogP contribution < -0.4 is 10.6 Å². The lowest BCUT2D eigenvalue weighted by atomic mass is 10.1. The van der Waals surface area contributed by atoms with Crippen molar-refractivity contribution in [3.05, 3.63) is 35.1 Å². The summed E-state index contributed by atoms with van der Waals surface area (Å²) >= 11 is 0. The van der Waals surface area contributed by atoms with Gasteiger partial charge in [0.15, 0.2) is 5.96 Å². The Morgan fingerprint density at radius 1 is 1.27 bits per heavy atom. The highest BCUT2D eigenvalue weighted by Crippen LogP contribution is 2.32. The van der Waals surface area contributed by atoms with Crippen LogP contribution in [-0.2, 0) is 17.5 Å². The zero-order chi connectivity index (χ0) is 18.3. The SMILES string of the molecule is CN=C(NCCCOCC1CC1)NCc1ccc(F)cc1C(F)(F)F.I. The van der Waals surface area contributed by atoms with E-state index in [0.717, 1.165) is 31.1 Å². The van der Waals surface area contributed by atoms with Crippen LogP contribution in [0.1, 0.15) is 30.4 Å². The predicted octanol–water partition coefficient (Wildman–Crippen LogP) is 3.94. The van der Waals surface area contributed by atoms with Gasteiger partial charge in [-0.15, -0.1) is 24.0 Å². The first-order valence-corrected chi connectivity index (χ1v) is 8.28. The van der Waals surface area contributed by atoms with Crippen molar-refractivity contribution in [2.24, 2.45) is 10.9 Å². The Labute approximate surface area is 167 Å². The number of alkyl halides is 3. The minimum Gasteiger partial charge on any atom is -0.381 e. The Hall–Kier alpha value is -1.10. The second-order valence-electron chi connectivity index (χ2n) is 6.02. The van der Waals surface area contributed by atoms with Crippen molar-refractivity contribution in [1.82, 2.24) is 10.6 Å². The van der Waals surface area contributed by atoms with Gasteiger partial charge in [-0.2, -0.15) is 13.2 Å². The van der Waals surface area contributed by atoms with Crippen molar-refractivity contribution in [3.8, 4) is 0 Å².